The van der Waals surface area contributed by atoms with Gasteiger partial charge in [-0.05, 0) is 49.9 Å². The second kappa shape index (κ2) is 5.92. The van der Waals surface area contributed by atoms with Gasteiger partial charge in [0.1, 0.15) is 0 Å². The summed E-state index contributed by atoms with van der Waals surface area (Å²) in [5.41, 5.74) is 5.62. The minimum atomic E-state index is 0.657. The average molecular weight is 306 g/mol. The fourth-order valence-electron chi connectivity index (χ4n) is 4.47. The maximum absolute atomic E-state index is 2.66. The summed E-state index contributed by atoms with van der Waals surface area (Å²) in [6.45, 7) is 5.50. The van der Waals surface area contributed by atoms with Crippen LogP contribution >= 0.6 is 0 Å². The third kappa shape index (κ3) is 2.50. The monoisotopic (exact) mass is 306 g/mol. The minimum Gasteiger partial charge on any atom is -0.349 e. The number of nitrogens with zero attached hydrogens (tertiary/aromatic N) is 2. The van der Waals surface area contributed by atoms with E-state index in [9.17, 15) is 0 Å². The first-order valence-electron chi connectivity index (χ1n) is 8.90. The van der Waals surface area contributed by atoms with Crippen molar-refractivity contribution in [3.05, 3.63) is 59.7 Å². The number of rotatable bonds is 2. The molecule has 0 amide bonds. The molecule has 1 saturated carbocycles. The van der Waals surface area contributed by atoms with Crippen LogP contribution in [0.25, 0.3) is 0 Å². The van der Waals surface area contributed by atoms with E-state index in [1.54, 1.807) is 0 Å². The fourth-order valence-corrected chi connectivity index (χ4v) is 4.47. The van der Waals surface area contributed by atoms with Crippen molar-refractivity contribution in [1.82, 2.24) is 0 Å². The summed E-state index contributed by atoms with van der Waals surface area (Å²) in [4.78, 5) is 5.32. The Morgan fingerprint density at radius 3 is 1.57 bits per heavy atom. The highest BCUT2D eigenvalue weighted by atomic mass is 15.4. The molecule has 2 fully saturated rings. The lowest BCUT2D eigenvalue weighted by atomic mass is 9.89. The number of para-hydroxylation sites is 2. The Morgan fingerprint density at radius 2 is 1.13 bits per heavy atom. The van der Waals surface area contributed by atoms with Gasteiger partial charge in [-0.1, -0.05) is 49.2 Å². The van der Waals surface area contributed by atoms with Crippen molar-refractivity contribution in [2.24, 2.45) is 0 Å². The second-order valence-corrected chi connectivity index (χ2v) is 7.07. The molecule has 0 N–H and O–H groups in total. The highest BCUT2D eigenvalue weighted by Gasteiger charge is 2.41. The van der Waals surface area contributed by atoms with Gasteiger partial charge in [-0.2, -0.15) is 0 Å². The molecular formula is C21H26N2. The molecule has 1 saturated heterocycles. The van der Waals surface area contributed by atoms with Gasteiger partial charge in [0.15, 0.2) is 0 Å². The van der Waals surface area contributed by atoms with Crippen LogP contribution in [-0.2, 0) is 0 Å². The van der Waals surface area contributed by atoms with Gasteiger partial charge in [0, 0.05) is 11.4 Å². The predicted octanol–water partition coefficient (Wildman–Crippen LogP) is 4.90. The van der Waals surface area contributed by atoms with Crippen molar-refractivity contribution in [1.29, 1.82) is 0 Å². The van der Waals surface area contributed by atoms with Gasteiger partial charge >= 0.3 is 0 Å². The van der Waals surface area contributed by atoms with Crippen LogP contribution in [0.5, 0.6) is 0 Å². The van der Waals surface area contributed by atoms with E-state index in [1.807, 2.05) is 0 Å². The normalized spacial score (nSPS) is 23.9. The maximum Gasteiger partial charge on any atom is 0.0910 e. The van der Waals surface area contributed by atoms with E-state index in [2.05, 4.69) is 72.2 Å². The Labute approximate surface area is 139 Å². The van der Waals surface area contributed by atoms with Crippen LogP contribution in [0.1, 0.15) is 36.8 Å². The van der Waals surface area contributed by atoms with Crippen molar-refractivity contribution in [2.75, 3.05) is 16.5 Å². The Balaban J connectivity index is 1.73. The van der Waals surface area contributed by atoms with Crippen LogP contribution in [0.15, 0.2) is 48.5 Å². The summed E-state index contributed by atoms with van der Waals surface area (Å²) in [6.07, 6.45) is 5.37. The molecule has 2 unspecified atom stereocenters. The number of benzene rings is 2. The zero-order valence-corrected chi connectivity index (χ0v) is 14.2. The first kappa shape index (κ1) is 14.6. The smallest absolute Gasteiger partial charge is 0.0910 e. The first-order chi connectivity index (χ1) is 11.3. The van der Waals surface area contributed by atoms with Crippen LogP contribution in [-0.4, -0.2) is 18.8 Å². The maximum atomic E-state index is 2.66. The average Bonchev–Trinajstić information content (AvgIpc) is 2.95. The Morgan fingerprint density at radius 1 is 0.696 bits per heavy atom. The zero-order chi connectivity index (χ0) is 15.8. The number of aryl methyl sites for hydroxylation is 2. The van der Waals surface area contributed by atoms with Gasteiger partial charge in [-0.25, -0.2) is 0 Å². The lowest BCUT2D eigenvalue weighted by molar-refractivity contribution is 0.409. The van der Waals surface area contributed by atoms with Gasteiger partial charge in [0.25, 0.3) is 0 Å². The van der Waals surface area contributed by atoms with E-state index < -0.39 is 0 Å². The summed E-state index contributed by atoms with van der Waals surface area (Å²) in [7, 11) is 0. The van der Waals surface area contributed by atoms with Crippen molar-refractivity contribution in [2.45, 2.75) is 51.6 Å². The van der Waals surface area contributed by atoms with Crippen LogP contribution in [0, 0.1) is 13.8 Å². The summed E-state index contributed by atoms with van der Waals surface area (Å²) >= 11 is 0. The highest BCUT2D eigenvalue weighted by molar-refractivity contribution is 5.62. The predicted molar refractivity (Wildman–Crippen MR) is 98.2 cm³/mol. The summed E-state index contributed by atoms with van der Waals surface area (Å²) < 4.78 is 0. The molecule has 0 aromatic heterocycles. The molecule has 0 radical (unpaired) electrons. The van der Waals surface area contributed by atoms with Crippen LogP contribution < -0.4 is 9.80 Å². The SMILES string of the molecule is Cc1ccccc1N1CN(c2ccccc2C)C2CCCCC21. The van der Waals surface area contributed by atoms with Crippen molar-refractivity contribution in [3.8, 4) is 0 Å². The number of fused-ring (bicyclic) bond motifs is 1. The van der Waals surface area contributed by atoms with Crippen LogP contribution in [0.4, 0.5) is 11.4 Å². The lowest BCUT2D eigenvalue weighted by Gasteiger charge is -2.34. The molecule has 2 nitrogen and oxygen atoms in total. The minimum absolute atomic E-state index is 0.657. The second-order valence-electron chi connectivity index (χ2n) is 7.07. The molecule has 4 rings (SSSR count). The first-order valence-corrected chi connectivity index (χ1v) is 8.90. The van der Waals surface area contributed by atoms with Gasteiger partial charge in [0.05, 0.1) is 18.8 Å². The van der Waals surface area contributed by atoms with E-state index in [4.69, 9.17) is 0 Å². The zero-order valence-electron chi connectivity index (χ0n) is 14.2. The standard InChI is InChI=1S/C21H26N2/c1-16-9-3-5-11-18(16)22-15-23(19-12-6-4-10-17(19)2)21-14-8-7-13-20(21)22/h3-6,9-12,20-21H,7-8,13-15H2,1-2H3. The summed E-state index contributed by atoms with van der Waals surface area (Å²) in [6, 6.07) is 19.0. The summed E-state index contributed by atoms with van der Waals surface area (Å²) in [5, 5.41) is 0. The Hall–Kier alpha value is -1.96. The fraction of sp³-hybridized carbons (Fsp3) is 0.429. The summed E-state index contributed by atoms with van der Waals surface area (Å²) in [5.74, 6) is 0. The van der Waals surface area contributed by atoms with Crippen molar-refractivity contribution in [3.63, 3.8) is 0 Å². The molecule has 1 aliphatic heterocycles. The van der Waals surface area contributed by atoms with Gasteiger partial charge in [0.2, 0.25) is 0 Å². The van der Waals surface area contributed by atoms with Gasteiger partial charge in [-0.3, -0.25) is 0 Å². The van der Waals surface area contributed by atoms with Crippen LogP contribution in [0.3, 0.4) is 0 Å². The molecule has 2 aromatic rings. The topological polar surface area (TPSA) is 6.48 Å². The number of hydrogen-bond acceptors (Lipinski definition) is 2. The molecule has 2 aliphatic rings. The number of anilines is 2. The third-order valence-electron chi connectivity index (χ3n) is 5.65. The van der Waals surface area contributed by atoms with E-state index in [1.165, 1.54) is 48.2 Å². The van der Waals surface area contributed by atoms with E-state index in [0.29, 0.717) is 12.1 Å². The lowest BCUT2D eigenvalue weighted by Crippen LogP contribution is -2.40. The van der Waals surface area contributed by atoms with Crippen molar-refractivity contribution >= 4 is 11.4 Å². The molecule has 23 heavy (non-hydrogen) atoms. The molecule has 1 heterocycles. The van der Waals surface area contributed by atoms with Crippen molar-refractivity contribution < 1.29 is 0 Å². The van der Waals surface area contributed by atoms with E-state index >= 15 is 0 Å². The Kier molecular flexibility index (Phi) is 3.76. The molecule has 120 valence electrons. The quantitative estimate of drug-likeness (QED) is 0.778. The molecule has 2 heteroatoms. The van der Waals surface area contributed by atoms with Gasteiger partial charge in [-0.15, -0.1) is 0 Å². The largest absolute Gasteiger partial charge is 0.349 e. The van der Waals surface area contributed by atoms with E-state index in [0.717, 1.165) is 6.67 Å². The third-order valence-corrected chi connectivity index (χ3v) is 5.65. The van der Waals surface area contributed by atoms with Gasteiger partial charge < -0.3 is 9.80 Å². The Bertz CT molecular complexity index is 634. The molecule has 0 bridgehead atoms. The highest BCUT2D eigenvalue weighted by Crippen LogP contribution is 2.40. The molecule has 0 spiro atoms. The molecule has 2 atom stereocenters. The molecule has 1 aliphatic carbocycles. The molecular weight excluding hydrogens is 280 g/mol. The van der Waals surface area contributed by atoms with Crippen LogP contribution in [0.2, 0.25) is 0 Å². The number of hydrogen-bond donors (Lipinski definition) is 0. The van der Waals surface area contributed by atoms with E-state index in [-0.39, 0.29) is 0 Å². The molecule has 2 aromatic carbocycles.